The summed E-state index contributed by atoms with van der Waals surface area (Å²) in [6.45, 7) is 0.218. The number of amides is 1. The molecular weight excluding hydrogens is 460 g/mol. The number of nitrogens with one attached hydrogen (secondary N) is 1. The maximum absolute atomic E-state index is 12.5. The number of carbonyl (C=O) groups is 1. The van der Waals surface area contributed by atoms with E-state index >= 15 is 0 Å². The quantitative estimate of drug-likeness (QED) is 0.426. The van der Waals surface area contributed by atoms with E-state index in [0.29, 0.717) is 21.8 Å². The fourth-order valence-electron chi connectivity index (χ4n) is 3.80. The van der Waals surface area contributed by atoms with Crippen LogP contribution in [0.1, 0.15) is 37.9 Å². The second-order valence-electron chi connectivity index (χ2n) is 7.87. The first-order valence-corrected chi connectivity index (χ1v) is 12.4. The van der Waals surface area contributed by atoms with Gasteiger partial charge < -0.3 is 14.8 Å². The Hall–Kier alpha value is -2.71. The fourth-order valence-corrected chi connectivity index (χ4v) is 4.71. The second-order valence-corrected chi connectivity index (χ2v) is 9.24. The van der Waals surface area contributed by atoms with Crippen molar-refractivity contribution in [2.75, 3.05) is 12.9 Å². The van der Waals surface area contributed by atoms with Gasteiger partial charge in [-0.2, -0.15) is 0 Å². The van der Waals surface area contributed by atoms with E-state index in [-0.39, 0.29) is 24.3 Å². The molecule has 1 heterocycles. The Morgan fingerprint density at radius 3 is 2.45 bits per heavy atom. The molecule has 1 aromatic heterocycles. The van der Waals surface area contributed by atoms with Crippen LogP contribution >= 0.6 is 23.4 Å². The topological polar surface area (TPSA) is 78.3 Å². The zero-order chi connectivity index (χ0) is 23.0. The third-order valence-electron chi connectivity index (χ3n) is 5.52. The number of ether oxygens (including phenoxy) is 2. The summed E-state index contributed by atoms with van der Waals surface area (Å²) in [5, 5.41) is 13.1. The molecule has 0 atom stereocenters. The van der Waals surface area contributed by atoms with Crippen LogP contribution in [0.2, 0.25) is 5.02 Å². The Balaban J connectivity index is 1.48. The highest BCUT2D eigenvalue weighted by Gasteiger charge is 2.19. The molecule has 33 heavy (non-hydrogen) atoms. The van der Waals surface area contributed by atoms with Crippen molar-refractivity contribution in [1.82, 2.24) is 20.1 Å². The number of hydrogen-bond donors (Lipinski definition) is 1. The molecule has 3 aromatic rings. The van der Waals surface area contributed by atoms with Crippen molar-refractivity contribution in [3.8, 4) is 17.2 Å². The van der Waals surface area contributed by atoms with Crippen molar-refractivity contribution in [3.63, 3.8) is 0 Å². The van der Waals surface area contributed by atoms with Gasteiger partial charge in [-0.25, -0.2) is 0 Å². The average Bonchev–Trinajstić information content (AvgIpc) is 3.26. The normalized spacial score (nSPS) is 14.1. The van der Waals surface area contributed by atoms with Gasteiger partial charge in [0.05, 0.1) is 12.9 Å². The van der Waals surface area contributed by atoms with Crippen LogP contribution in [-0.4, -0.2) is 39.6 Å². The number of nitrogens with zero attached hydrogens (tertiary/aromatic N) is 3. The van der Waals surface area contributed by atoms with Crippen LogP contribution in [0.15, 0.2) is 53.7 Å². The van der Waals surface area contributed by atoms with Crippen LogP contribution in [0.5, 0.6) is 11.5 Å². The fraction of sp³-hybridized carbons (Fsp3) is 0.375. The maximum Gasteiger partial charge on any atom is 0.230 e. The van der Waals surface area contributed by atoms with Gasteiger partial charge in [0.2, 0.25) is 5.91 Å². The first kappa shape index (κ1) is 23.4. The first-order chi connectivity index (χ1) is 16.1. The lowest BCUT2D eigenvalue weighted by atomic mass is 9.95. The van der Waals surface area contributed by atoms with Crippen molar-refractivity contribution in [2.24, 2.45) is 0 Å². The van der Waals surface area contributed by atoms with Crippen molar-refractivity contribution in [1.29, 1.82) is 0 Å². The van der Waals surface area contributed by atoms with Crippen LogP contribution in [0, 0.1) is 0 Å². The molecule has 1 aliphatic carbocycles. The van der Waals surface area contributed by atoms with Crippen LogP contribution in [0.4, 0.5) is 0 Å². The number of thioether (sulfide) groups is 1. The highest BCUT2D eigenvalue weighted by Crippen LogP contribution is 2.25. The molecule has 0 radical (unpaired) electrons. The van der Waals surface area contributed by atoms with Gasteiger partial charge >= 0.3 is 0 Å². The second kappa shape index (κ2) is 11.4. The summed E-state index contributed by atoms with van der Waals surface area (Å²) in [5.41, 5.74) is 0.866. The molecule has 2 aromatic carbocycles. The molecule has 0 aliphatic heterocycles. The zero-order valence-electron chi connectivity index (χ0n) is 18.5. The number of halogens is 1. The van der Waals surface area contributed by atoms with Gasteiger partial charge in [-0.3, -0.25) is 9.36 Å². The minimum absolute atomic E-state index is 0.0233. The minimum Gasteiger partial charge on any atom is -0.497 e. The van der Waals surface area contributed by atoms with E-state index in [2.05, 4.69) is 15.5 Å². The zero-order valence-corrected chi connectivity index (χ0v) is 20.1. The van der Waals surface area contributed by atoms with E-state index in [1.165, 1.54) is 31.0 Å². The Bertz CT molecular complexity index is 1050. The first-order valence-electron chi connectivity index (χ1n) is 11.0. The summed E-state index contributed by atoms with van der Waals surface area (Å²) in [4.78, 5) is 12.5. The predicted molar refractivity (Wildman–Crippen MR) is 129 cm³/mol. The molecule has 0 unspecified atom stereocenters. The molecule has 7 nitrogen and oxygen atoms in total. The molecule has 0 saturated heterocycles. The standard InChI is InChI=1S/C24H27ClN4O3S/c1-31-20-13-9-19(10-14-20)29-22(15-32-21-11-7-17(25)8-12-21)27-28-24(29)33-16-23(30)26-18-5-3-2-4-6-18/h7-14,18H,2-6,15-16H2,1H3,(H,26,30). The van der Waals surface area contributed by atoms with Crippen LogP contribution < -0.4 is 14.8 Å². The smallest absolute Gasteiger partial charge is 0.230 e. The van der Waals surface area contributed by atoms with Gasteiger partial charge in [0.15, 0.2) is 11.0 Å². The number of rotatable bonds is 9. The van der Waals surface area contributed by atoms with E-state index in [4.69, 9.17) is 21.1 Å². The molecule has 1 saturated carbocycles. The molecule has 1 amide bonds. The van der Waals surface area contributed by atoms with Crippen LogP contribution in [0.25, 0.3) is 5.69 Å². The third-order valence-corrected chi connectivity index (χ3v) is 6.70. The molecule has 1 N–H and O–H groups in total. The van der Waals surface area contributed by atoms with E-state index in [1.54, 1.807) is 19.2 Å². The molecule has 1 aliphatic rings. The number of benzene rings is 2. The lowest BCUT2D eigenvalue weighted by Crippen LogP contribution is -2.37. The van der Waals surface area contributed by atoms with Gasteiger partial charge in [-0.1, -0.05) is 42.6 Å². The largest absolute Gasteiger partial charge is 0.497 e. The Kier molecular flexibility index (Phi) is 8.12. The third kappa shape index (κ3) is 6.42. The van der Waals surface area contributed by atoms with Crippen molar-refractivity contribution < 1.29 is 14.3 Å². The SMILES string of the molecule is COc1ccc(-n2c(COc3ccc(Cl)cc3)nnc2SCC(=O)NC2CCCCC2)cc1. The van der Waals surface area contributed by atoms with Gasteiger partial charge in [0.25, 0.3) is 0 Å². The van der Waals surface area contributed by atoms with Gasteiger partial charge in [-0.15, -0.1) is 10.2 Å². The molecule has 1 fully saturated rings. The summed E-state index contributed by atoms with van der Waals surface area (Å²) >= 11 is 7.32. The summed E-state index contributed by atoms with van der Waals surface area (Å²) in [6.07, 6.45) is 5.74. The number of methoxy groups -OCH3 is 1. The number of carbonyl (C=O) groups excluding carboxylic acids is 1. The monoisotopic (exact) mass is 486 g/mol. The average molecular weight is 487 g/mol. The van der Waals surface area contributed by atoms with Gasteiger partial charge in [0, 0.05) is 16.8 Å². The highest BCUT2D eigenvalue weighted by atomic mass is 35.5. The van der Waals surface area contributed by atoms with Crippen molar-refractivity contribution in [2.45, 2.75) is 49.9 Å². The van der Waals surface area contributed by atoms with E-state index < -0.39 is 0 Å². The Morgan fingerprint density at radius 1 is 1.06 bits per heavy atom. The molecule has 0 bridgehead atoms. The molecular formula is C24H27ClN4O3S. The summed E-state index contributed by atoms with van der Waals surface area (Å²) in [5.74, 6) is 2.38. The Morgan fingerprint density at radius 2 is 1.76 bits per heavy atom. The molecule has 174 valence electrons. The van der Waals surface area contributed by atoms with Gasteiger partial charge in [0.1, 0.15) is 18.1 Å². The number of aromatic nitrogens is 3. The highest BCUT2D eigenvalue weighted by molar-refractivity contribution is 7.99. The van der Waals surface area contributed by atoms with Crippen LogP contribution in [-0.2, 0) is 11.4 Å². The summed E-state index contributed by atoms with van der Waals surface area (Å²) < 4.78 is 13.1. The summed E-state index contributed by atoms with van der Waals surface area (Å²) in [7, 11) is 1.63. The molecule has 0 spiro atoms. The molecule has 9 heteroatoms. The predicted octanol–water partition coefficient (Wildman–Crippen LogP) is 5.05. The lowest BCUT2D eigenvalue weighted by Gasteiger charge is -2.22. The van der Waals surface area contributed by atoms with Crippen LogP contribution in [0.3, 0.4) is 0 Å². The summed E-state index contributed by atoms with van der Waals surface area (Å²) in [6, 6.07) is 15.1. The van der Waals surface area contributed by atoms with Crippen molar-refractivity contribution in [3.05, 3.63) is 59.4 Å². The minimum atomic E-state index is 0.0233. The Labute approximate surface area is 202 Å². The van der Waals surface area contributed by atoms with E-state index in [9.17, 15) is 4.79 Å². The lowest BCUT2D eigenvalue weighted by molar-refractivity contribution is -0.119. The van der Waals surface area contributed by atoms with Gasteiger partial charge in [-0.05, 0) is 61.4 Å². The van der Waals surface area contributed by atoms with Crippen molar-refractivity contribution >= 4 is 29.3 Å². The van der Waals surface area contributed by atoms with E-state index in [1.807, 2.05) is 41.0 Å². The van der Waals surface area contributed by atoms with E-state index in [0.717, 1.165) is 24.3 Å². The maximum atomic E-state index is 12.5. The number of hydrogen-bond acceptors (Lipinski definition) is 6. The molecule has 4 rings (SSSR count).